The van der Waals surface area contributed by atoms with Crippen LogP contribution in [0.5, 0.6) is 0 Å². The first-order chi connectivity index (χ1) is 11.2. The zero-order chi connectivity index (χ0) is 16.1. The van der Waals surface area contributed by atoms with Gasteiger partial charge in [0.1, 0.15) is 0 Å². The fourth-order valence-corrected chi connectivity index (χ4v) is 2.90. The van der Waals surface area contributed by atoms with Crippen molar-refractivity contribution in [2.45, 2.75) is 30.9 Å². The second-order valence-electron chi connectivity index (χ2n) is 5.26. The van der Waals surface area contributed by atoms with Crippen molar-refractivity contribution in [2.75, 3.05) is 18.9 Å². The molecule has 23 heavy (non-hydrogen) atoms. The Morgan fingerprint density at radius 2 is 2.39 bits per heavy atom. The van der Waals surface area contributed by atoms with Gasteiger partial charge in [-0.1, -0.05) is 16.9 Å². The fourth-order valence-electron chi connectivity index (χ4n) is 2.23. The molecule has 1 N–H and O–H groups in total. The number of hydrogen-bond acceptors (Lipinski definition) is 7. The molecular weight excluding hydrogens is 316 g/mol. The summed E-state index contributed by atoms with van der Waals surface area (Å²) in [6.45, 7) is 3.15. The van der Waals surface area contributed by atoms with Gasteiger partial charge in [0.15, 0.2) is 5.82 Å². The number of hydrogen-bond donors (Lipinski definition) is 1. The summed E-state index contributed by atoms with van der Waals surface area (Å²) in [5.41, 5.74) is 0.762. The molecular formula is C15H18N4O3S. The summed E-state index contributed by atoms with van der Waals surface area (Å²) in [5.74, 6) is 1.35. The van der Waals surface area contributed by atoms with Gasteiger partial charge in [-0.3, -0.25) is 4.79 Å². The number of nitrogens with zero attached hydrogens (tertiary/aromatic N) is 3. The third-order valence-corrected chi connectivity index (χ3v) is 4.36. The van der Waals surface area contributed by atoms with Crippen LogP contribution < -0.4 is 5.32 Å². The van der Waals surface area contributed by atoms with Gasteiger partial charge >= 0.3 is 0 Å². The lowest BCUT2D eigenvalue weighted by Gasteiger charge is -2.10. The lowest BCUT2D eigenvalue weighted by atomic mass is 10.2. The monoisotopic (exact) mass is 334 g/mol. The van der Waals surface area contributed by atoms with Crippen LogP contribution in [-0.2, 0) is 9.53 Å². The van der Waals surface area contributed by atoms with Gasteiger partial charge in [0.25, 0.3) is 5.89 Å². The molecule has 0 saturated carbocycles. The number of aryl methyl sites for hydroxylation is 1. The lowest BCUT2D eigenvalue weighted by Crippen LogP contribution is -2.32. The van der Waals surface area contributed by atoms with Crippen molar-refractivity contribution in [3.05, 3.63) is 24.2 Å². The molecule has 0 aliphatic carbocycles. The number of thioether (sulfide) groups is 1. The van der Waals surface area contributed by atoms with Gasteiger partial charge in [-0.15, -0.1) is 0 Å². The Labute approximate surface area is 138 Å². The maximum absolute atomic E-state index is 11.8. The van der Waals surface area contributed by atoms with Crippen LogP contribution in [0.4, 0.5) is 0 Å². The molecule has 3 heterocycles. The molecule has 1 atom stereocenters. The van der Waals surface area contributed by atoms with E-state index in [0.29, 0.717) is 24.0 Å². The summed E-state index contributed by atoms with van der Waals surface area (Å²) < 4.78 is 10.6. The number of rotatable bonds is 6. The van der Waals surface area contributed by atoms with Crippen LogP contribution in [-0.4, -0.2) is 46.0 Å². The third-order valence-electron chi connectivity index (χ3n) is 3.41. The SMILES string of the molecule is Cc1noc(-c2ccc(SCC(=O)NCC3CCCO3)nc2)n1. The first-order valence-electron chi connectivity index (χ1n) is 7.48. The highest BCUT2D eigenvalue weighted by molar-refractivity contribution is 7.99. The van der Waals surface area contributed by atoms with Crippen LogP contribution in [0.15, 0.2) is 27.9 Å². The van der Waals surface area contributed by atoms with Gasteiger partial charge in [0, 0.05) is 19.3 Å². The molecule has 0 bridgehead atoms. The highest BCUT2D eigenvalue weighted by atomic mass is 32.2. The summed E-state index contributed by atoms with van der Waals surface area (Å²) in [7, 11) is 0. The third kappa shape index (κ3) is 4.52. The average molecular weight is 334 g/mol. The molecule has 8 heteroatoms. The summed E-state index contributed by atoms with van der Waals surface area (Å²) >= 11 is 1.39. The molecule has 1 aliphatic heterocycles. The number of pyridine rings is 1. The normalized spacial score (nSPS) is 17.3. The van der Waals surface area contributed by atoms with Crippen LogP contribution in [0.3, 0.4) is 0 Å². The molecule has 1 unspecified atom stereocenters. The van der Waals surface area contributed by atoms with E-state index in [1.165, 1.54) is 11.8 Å². The van der Waals surface area contributed by atoms with Crippen molar-refractivity contribution in [3.8, 4) is 11.5 Å². The number of amides is 1. The van der Waals surface area contributed by atoms with E-state index in [9.17, 15) is 4.79 Å². The van der Waals surface area contributed by atoms with E-state index in [1.54, 1.807) is 13.1 Å². The molecule has 1 amide bonds. The van der Waals surface area contributed by atoms with Crippen molar-refractivity contribution in [1.29, 1.82) is 0 Å². The maximum atomic E-state index is 11.8. The molecule has 2 aromatic rings. The van der Waals surface area contributed by atoms with Gasteiger partial charge in [0.05, 0.1) is 22.4 Å². The van der Waals surface area contributed by atoms with Gasteiger partial charge in [-0.2, -0.15) is 4.98 Å². The van der Waals surface area contributed by atoms with E-state index in [4.69, 9.17) is 9.26 Å². The quantitative estimate of drug-likeness (QED) is 0.806. The Kier molecular flexibility index (Phi) is 5.24. The molecule has 0 radical (unpaired) electrons. The minimum Gasteiger partial charge on any atom is -0.376 e. The zero-order valence-corrected chi connectivity index (χ0v) is 13.6. The van der Waals surface area contributed by atoms with Crippen LogP contribution in [0, 0.1) is 6.92 Å². The second-order valence-corrected chi connectivity index (χ2v) is 6.26. The van der Waals surface area contributed by atoms with Crippen molar-refractivity contribution < 1.29 is 14.1 Å². The second kappa shape index (κ2) is 7.56. The van der Waals surface area contributed by atoms with Crippen molar-refractivity contribution in [2.24, 2.45) is 0 Å². The van der Waals surface area contributed by atoms with Crippen LogP contribution in [0.25, 0.3) is 11.5 Å². The highest BCUT2D eigenvalue weighted by Crippen LogP contribution is 2.20. The van der Waals surface area contributed by atoms with Crippen molar-refractivity contribution in [3.63, 3.8) is 0 Å². The smallest absolute Gasteiger partial charge is 0.259 e. The molecule has 1 saturated heterocycles. The van der Waals surface area contributed by atoms with E-state index in [-0.39, 0.29) is 12.0 Å². The van der Waals surface area contributed by atoms with Gasteiger partial charge in [0.2, 0.25) is 5.91 Å². The summed E-state index contributed by atoms with van der Waals surface area (Å²) in [6, 6.07) is 3.69. The number of carbonyl (C=O) groups is 1. The summed E-state index contributed by atoms with van der Waals surface area (Å²) in [5, 5.41) is 7.41. The first-order valence-corrected chi connectivity index (χ1v) is 8.47. The molecule has 122 valence electrons. The standard InChI is InChI=1S/C15H18N4O3S/c1-10-18-15(22-19-10)11-4-5-14(17-7-11)23-9-13(20)16-8-12-3-2-6-21-12/h4-5,7,12H,2-3,6,8-9H2,1H3,(H,16,20). The van der Waals surface area contributed by atoms with E-state index in [2.05, 4.69) is 20.4 Å². The molecule has 2 aromatic heterocycles. The minimum absolute atomic E-state index is 0.0103. The van der Waals surface area contributed by atoms with E-state index in [0.717, 1.165) is 30.0 Å². The number of carbonyl (C=O) groups excluding carboxylic acids is 1. The Bertz CT molecular complexity index is 653. The average Bonchev–Trinajstić information content (AvgIpc) is 3.23. The Hall–Kier alpha value is -1.93. The highest BCUT2D eigenvalue weighted by Gasteiger charge is 2.16. The predicted octanol–water partition coefficient (Wildman–Crippen LogP) is 1.83. The van der Waals surface area contributed by atoms with Crippen LogP contribution in [0.2, 0.25) is 0 Å². The number of nitrogens with one attached hydrogen (secondary N) is 1. The van der Waals surface area contributed by atoms with Crippen LogP contribution >= 0.6 is 11.8 Å². The number of ether oxygens (including phenoxy) is 1. The first kappa shape index (κ1) is 15.9. The Morgan fingerprint density at radius 3 is 3.04 bits per heavy atom. The van der Waals surface area contributed by atoms with Crippen molar-refractivity contribution in [1.82, 2.24) is 20.4 Å². The summed E-state index contributed by atoms with van der Waals surface area (Å²) in [6.07, 6.45) is 3.93. The van der Waals surface area contributed by atoms with Crippen molar-refractivity contribution >= 4 is 17.7 Å². The van der Waals surface area contributed by atoms with E-state index >= 15 is 0 Å². The zero-order valence-electron chi connectivity index (χ0n) is 12.8. The predicted molar refractivity (Wildman–Crippen MR) is 85.0 cm³/mol. The largest absolute Gasteiger partial charge is 0.376 e. The fraction of sp³-hybridized carbons (Fsp3) is 0.467. The molecule has 0 aromatic carbocycles. The molecule has 3 rings (SSSR count). The van der Waals surface area contributed by atoms with Gasteiger partial charge < -0.3 is 14.6 Å². The summed E-state index contributed by atoms with van der Waals surface area (Å²) in [4.78, 5) is 20.3. The topological polar surface area (TPSA) is 90.1 Å². The molecule has 7 nitrogen and oxygen atoms in total. The van der Waals surface area contributed by atoms with Gasteiger partial charge in [-0.25, -0.2) is 4.98 Å². The molecule has 1 aliphatic rings. The Balaban J connectivity index is 1.45. The Morgan fingerprint density at radius 1 is 1.48 bits per heavy atom. The molecule has 0 spiro atoms. The van der Waals surface area contributed by atoms with Crippen LogP contribution in [0.1, 0.15) is 18.7 Å². The minimum atomic E-state index is -0.0103. The molecule has 1 fully saturated rings. The number of aromatic nitrogens is 3. The van der Waals surface area contributed by atoms with E-state index in [1.807, 2.05) is 12.1 Å². The van der Waals surface area contributed by atoms with E-state index < -0.39 is 0 Å². The van der Waals surface area contributed by atoms with Gasteiger partial charge in [-0.05, 0) is 31.9 Å². The maximum Gasteiger partial charge on any atom is 0.259 e. The lowest BCUT2D eigenvalue weighted by molar-refractivity contribution is -0.119.